The third-order valence-electron chi connectivity index (χ3n) is 2.59. The summed E-state index contributed by atoms with van der Waals surface area (Å²) in [6.45, 7) is 4.96. The van der Waals surface area contributed by atoms with Crippen LogP contribution in [0.1, 0.15) is 38.7 Å². The quantitative estimate of drug-likeness (QED) is 0.756. The minimum absolute atomic E-state index is 0.118. The first kappa shape index (κ1) is 12.2. The molecule has 0 spiro atoms. The van der Waals surface area contributed by atoms with E-state index in [9.17, 15) is 4.39 Å². The van der Waals surface area contributed by atoms with Crippen molar-refractivity contribution in [1.82, 2.24) is 5.32 Å². The van der Waals surface area contributed by atoms with Crippen LogP contribution in [0.5, 0.6) is 0 Å². The van der Waals surface area contributed by atoms with Crippen LogP contribution in [-0.4, -0.2) is 6.04 Å². The van der Waals surface area contributed by atoms with Crippen LogP contribution in [0.4, 0.5) is 4.39 Å². The van der Waals surface area contributed by atoms with Crippen molar-refractivity contribution in [2.24, 2.45) is 0 Å². The molecule has 0 aliphatic rings. The van der Waals surface area contributed by atoms with E-state index in [0.717, 1.165) is 12.0 Å². The van der Waals surface area contributed by atoms with E-state index in [1.165, 1.54) is 18.9 Å². The summed E-state index contributed by atoms with van der Waals surface area (Å²) in [6, 6.07) is 7.39. The Bertz CT molecular complexity index is 286. The Labute approximate surface area is 91.7 Å². The predicted molar refractivity (Wildman–Crippen MR) is 62.2 cm³/mol. The summed E-state index contributed by atoms with van der Waals surface area (Å²) in [4.78, 5) is 0. The summed E-state index contributed by atoms with van der Waals surface area (Å²) in [5.41, 5.74) is 0.751. The molecule has 0 aliphatic carbocycles. The molecule has 0 amide bonds. The first-order chi connectivity index (χ1) is 7.24. The maximum atomic E-state index is 13.3. The van der Waals surface area contributed by atoms with Crippen molar-refractivity contribution < 1.29 is 4.39 Å². The lowest BCUT2D eigenvalue weighted by Gasteiger charge is -2.13. The van der Waals surface area contributed by atoms with E-state index < -0.39 is 0 Å². The fourth-order valence-corrected chi connectivity index (χ4v) is 1.54. The smallest absolute Gasteiger partial charge is 0.127 e. The number of unbranched alkanes of at least 4 members (excludes halogenated alkanes) is 1. The monoisotopic (exact) mass is 209 g/mol. The van der Waals surface area contributed by atoms with Gasteiger partial charge in [-0.3, -0.25) is 0 Å². The van der Waals surface area contributed by atoms with Gasteiger partial charge >= 0.3 is 0 Å². The van der Waals surface area contributed by atoms with Crippen molar-refractivity contribution in [1.29, 1.82) is 0 Å². The zero-order valence-electron chi connectivity index (χ0n) is 9.59. The van der Waals surface area contributed by atoms with Gasteiger partial charge in [0.05, 0.1) is 0 Å². The lowest BCUT2D eigenvalue weighted by atomic mass is 10.1. The van der Waals surface area contributed by atoms with Gasteiger partial charge < -0.3 is 5.32 Å². The average molecular weight is 209 g/mol. The largest absolute Gasteiger partial charge is 0.310 e. The first-order valence-electron chi connectivity index (χ1n) is 5.70. The van der Waals surface area contributed by atoms with Gasteiger partial charge in [-0.15, -0.1) is 0 Å². The second-order valence-electron chi connectivity index (χ2n) is 4.02. The molecule has 1 nitrogen and oxygen atoms in total. The highest BCUT2D eigenvalue weighted by Gasteiger charge is 2.03. The molecule has 1 rings (SSSR count). The van der Waals surface area contributed by atoms with E-state index in [1.54, 1.807) is 6.07 Å². The number of benzene rings is 1. The van der Waals surface area contributed by atoms with Crippen molar-refractivity contribution in [2.75, 3.05) is 0 Å². The molecule has 0 heterocycles. The number of halogens is 1. The molecule has 0 fully saturated rings. The highest BCUT2D eigenvalue weighted by atomic mass is 19.1. The second kappa shape index (κ2) is 6.57. The Hall–Kier alpha value is -0.890. The minimum atomic E-state index is -0.118. The van der Waals surface area contributed by atoms with Crippen LogP contribution in [0, 0.1) is 5.82 Å². The molecule has 15 heavy (non-hydrogen) atoms. The molecule has 2 heteroatoms. The van der Waals surface area contributed by atoms with E-state index in [4.69, 9.17) is 0 Å². The van der Waals surface area contributed by atoms with Crippen molar-refractivity contribution in [3.63, 3.8) is 0 Å². The maximum Gasteiger partial charge on any atom is 0.127 e. The first-order valence-corrected chi connectivity index (χ1v) is 5.70. The normalized spacial score (nSPS) is 12.7. The van der Waals surface area contributed by atoms with Crippen LogP contribution in [0.15, 0.2) is 24.3 Å². The third-order valence-corrected chi connectivity index (χ3v) is 2.59. The number of nitrogens with one attached hydrogen (secondary N) is 1. The van der Waals surface area contributed by atoms with Crippen molar-refractivity contribution in [3.8, 4) is 0 Å². The fraction of sp³-hybridized carbons (Fsp3) is 0.538. The minimum Gasteiger partial charge on any atom is -0.310 e. The van der Waals surface area contributed by atoms with Crippen LogP contribution >= 0.6 is 0 Å². The Kier molecular flexibility index (Phi) is 5.33. The van der Waals surface area contributed by atoms with Crippen molar-refractivity contribution in [2.45, 2.75) is 45.7 Å². The Balaban J connectivity index is 2.33. The Morgan fingerprint density at radius 1 is 1.33 bits per heavy atom. The molecule has 1 atom stereocenters. The number of hydrogen-bond donors (Lipinski definition) is 1. The lowest BCUT2D eigenvalue weighted by Crippen LogP contribution is -2.25. The van der Waals surface area contributed by atoms with E-state index in [2.05, 4.69) is 19.2 Å². The lowest BCUT2D eigenvalue weighted by molar-refractivity contribution is 0.485. The van der Waals surface area contributed by atoms with Gasteiger partial charge in [0.1, 0.15) is 5.82 Å². The molecule has 84 valence electrons. The van der Waals surface area contributed by atoms with E-state index in [0.29, 0.717) is 12.6 Å². The molecule has 1 aromatic carbocycles. The molecule has 0 saturated heterocycles. The summed E-state index contributed by atoms with van der Waals surface area (Å²) >= 11 is 0. The standard InChI is InChI=1S/C13H20FN/c1-3-4-7-11(2)15-10-12-8-5-6-9-13(12)14/h5-6,8-9,11,15H,3-4,7,10H2,1-2H3. The van der Waals surface area contributed by atoms with Crippen LogP contribution in [-0.2, 0) is 6.54 Å². The maximum absolute atomic E-state index is 13.3. The van der Waals surface area contributed by atoms with Gasteiger partial charge in [-0.2, -0.15) is 0 Å². The molecule has 1 aromatic rings. The summed E-state index contributed by atoms with van der Waals surface area (Å²) in [6.07, 6.45) is 3.60. The highest BCUT2D eigenvalue weighted by molar-refractivity contribution is 5.16. The molecule has 0 radical (unpaired) electrons. The molecule has 1 N–H and O–H groups in total. The topological polar surface area (TPSA) is 12.0 Å². The van der Waals surface area contributed by atoms with E-state index in [-0.39, 0.29) is 5.82 Å². The van der Waals surface area contributed by atoms with Crippen molar-refractivity contribution in [3.05, 3.63) is 35.6 Å². The van der Waals surface area contributed by atoms with Gasteiger partial charge in [0, 0.05) is 18.2 Å². The van der Waals surface area contributed by atoms with Gasteiger partial charge in [-0.1, -0.05) is 38.0 Å². The van der Waals surface area contributed by atoms with Gasteiger partial charge in [0.15, 0.2) is 0 Å². The average Bonchev–Trinajstić information content (AvgIpc) is 2.25. The number of hydrogen-bond acceptors (Lipinski definition) is 1. The fourth-order valence-electron chi connectivity index (χ4n) is 1.54. The van der Waals surface area contributed by atoms with E-state index >= 15 is 0 Å². The Morgan fingerprint density at radius 2 is 2.07 bits per heavy atom. The number of rotatable bonds is 6. The molecular formula is C13H20FN. The van der Waals surface area contributed by atoms with E-state index in [1.807, 2.05) is 12.1 Å². The summed E-state index contributed by atoms with van der Waals surface area (Å²) in [5.74, 6) is -0.118. The predicted octanol–water partition coefficient (Wildman–Crippen LogP) is 3.49. The van der Waals surface area contributed by atoms with Gasteiger partial charge in [-0.25, -0.2) is 4.39 Å². The molecule has 1 unspecified atom stereocenters. The summed E-state index contributed by atoms with van der Waals surface area (Å²) in [7, 11) is 0. The SMILES string of the molecule is CCCCC(C)NCc1ccccc1F. The zero-order chi connectivity index (χ0) is 11.1. The molecular weight excluding hydrogens is 189 g/mol. The summed E-state index contributed by atoms with van der Waals surface area (Å²) < 4.78 is 13.3. The van der Waals surface area contributed by atoms with Gasteiger partial charge in [-0.05, 0) is 19.4 Å². The van der Waals surface area contributed by atoms with Crippen LogP contribution < -0.4 is 5.32 Å². The molecule has 0 bridgehead atoms. The second-order valence-corrected chi connectivity index (χ2v) is 4.02. The van der Waals surface area contributed by atoms with Crippen LogP contribution in [0.3, 0.4) is 0 Å². The zero-order valence-corrected chi connectivity index (χ0v) is 9.59. The third kappa shape index (κ3) is 4.43. The molecule has 0 aliphatic heterocycles. The summed E-state index contributed by atoms with van der Waals surface area (Å²) in [5, 5.41) is 3.33. The molecule has 0 aromatic heterocycles. The highest BCUT2D eigenvalue weighted by Crippen LogP contribution is 2.07. The molecule has 0 saturated carbocycles. The van der Waals surface area contributed by atoms with Crippen LogP contribution in [0.25, 0.3) is 0 Å². The van der Waals surface area contributed by atoms with Gasteiger partial charge in [0.25, 0.3) is 0 Å². The Morgan fingerprint density at radius 3 is 2.73 bits per heavy atom. The van der Waals surface area contributed by atoms with Crippen molar-refractivity contribution >= 4 is 0 Å². The van der Waals surface area contributed by atoms with Crippen LogP contribution in [0.2, 0.25) is 0 Å². The van der Waals surface area contributed by atoms with Gasteiger partial charge in [0.2, 0.25) is 0 Å².